The van der Waals surface area contributed by atoms with Crippen LogP contribution in [0.3, 0.4) is 0 Å². The Morgan fingerprint density at radius 1 is 1.07 bits per heavy atom. The number of hydrogen-bond donors (Lipinski definition) is 0. The Hall–Kier alpha value is -3.04. The number of benzene rings is 2. The van der Waals surface area contributed by atoms with Gasteiger partial charge in [-0.05, 0) is 30.7 Å². The summed E-state index contributed by atoms with van der Waals surface area (Å²) in [6.07, 6.45) is 3.24. The van der Waals surface area contributed by atoms with Crippen molar-refractivity contribution in [3.05, 3.63) is 75.8 Å². The van der Waals surface area contributed by atoms with Crippen molar-refractivity contribution in [2.24, 2.45) is 0 Å². The van der Waals surface area contributed by atoms with Crippen LogP contribution < -0.4 is 0 Å². The van der Waals surface area contributed by atoms with E-state index in [0.29, 0.717) is 0 Å². The topological polar surface area (TPSA) is 101 Å². The zero-order valence-corrected chi connectivity index (χ0v) is 16.7. The van der Waals surface area contributed by atoms with Crippen molar-refractivity contribution in [3.63, 3.8) is 0 Å². The molecule has 8 nitrogen and oxygen atoms in total. The van der Waals surface area contributed by atoms with Gasteiger partial charge < -0.3 is 4.90 Å². The fourth-order valence-corrected chi connectivity index (χ4v) is 4.51. The second-order valence-corrected chi connectivity index (χ2v) is 8.67. The minimum absolute atomic E-state index is 0.00206. The quantitative estimate of drug-likeness (QED) is 0.424. The number of sulfonamides is 1. The number of piperazine rings is 1. The molecule has 1 amide bonds. The van der Waals surface area contributed by atoms with Crippen LogP contribution >= 0.6 is 0 Å². The van der Waals surface area contributed by atoms with Gasteiger partial charge >= 0.3 is 0 Å². The van der Waals surface area contributed by atoms with E-state index in [9.17, 15) is 23.3 Å². The molecule has 0 radical (unpaired) electrons. The highest BCUT2D eigenvalue weighted by Crippen LogP contribution is 2.21. The molecule has 2 aromatic carbocycles. The summed E-state index contributed by atoms with van der Waals surface area (Å²) in [6, 6.07) is 12.6. The minimum atomic E-state index is -3.76. The van der Waals surface area contributed by atoms with E-state index in [2.05, 4.69) is 0 Å². The highest BCUT2D eigenvalue weighted by atomic mass is 32.2. The van der Waals surface area contributed by atoms with E-state index in [4.69, 9.17) is 0 Å². The Morgan fingerprint density at radius 3 is 2.31 bits per heavy atom. The number of hydrogen-bond acceptors (Lipinski definition) is 5. The molecule has 3 rings (SSSR count). The molecule has 9 heteroatoms. The van der Waals surface area contributed by atoms with Gasteiger partial charge in [0.25, 0.3) is 5.69 Å². The largest absolute Gasteiger partial charge is 0.337 e. The van der Waals surface area contributed by atoms with Crippen LogP contribution in [0.25, 0.3) is 6.08 Å². The second kappa shape index (κ2) is 8.54. The lowest BCUT2D eigenvalue weighted by Gasteiger charge is -2.33. The number of non-ortho nitro benzene ring substituents is 1. The first kappa shape index (κ1) is 20.7. The highest BCUT2D eigenvalue weighted by molar-refractivity contribution is 7.89. The molecule has 1 heterocycles. The van der Waals surface area contributed by atoms with Crippen LogP contribution in [0.5, 0.6) is 0 Å². The van der Waals surface area contributed by atoms with Gasteiger partial charge in [-0.15, -0.1) is 0 Å². The summed E-state index contributed by atoms with van der Waals surface area (Å²) in [7, 11) is -3.76. The van der Waals surface area contributed by atoms with Gasteiger partial charge in [-0.2, -0.15) is 4.31 Å². The molecule has 29 heavy (non-hydrogen) atoms. The first-order valence-corrected chi connectivity index (χ1v) is 10.5. The SMILES string of the molecule is Cc1cccc(/C=C/C(=O)N2CCN(S(=O)(=O)c3ccc([N+](=O)[O-])cc3)CC2)c1. The molecule has 1 aliphatic heterocycles. The number of aryl methyl sites for hydroxylation is 1. The third-order valence-corrected chi connectivity index (χ3v) is 6.61. The molecule has 0 atom stereocenters. The molecular weight excluding hydrogens is 394 g/mol. The van der Waals surface area contributed by atoms with Gasteiger partial charge in [-0.3, -0.25) is 14.9 Å². The maximum Gasteiger partial charge on any atom is 0.269 e. The Labute approximate surface area is 169 Å². The summed E-state index contributed by atoms with van der Waals surface area (Å²) in [6.45, 7) is 2.88. The van der Waals surface area contributed by atoms with Gasteiger partial charge in [-0.1, -0.05) is 29.8 Å². The lowest BCUT2D eigenvalue weighted by Crippen LogP contribution is -2.50. The van der Waals surface area contributed by atoms with E-state index in [1.165, 1.54) is 34.6 Å². The number of nitro groups is 1. The zero-order chi connectivity index (χ0) is 21.0. The Balaban J connectivity index is 1.61. The summed E-state index contributed by atoms with van der Waals surface area (Å²) in [5, 5.41) is 10.7. The fraction of sp³-hybridized carbons (Fsp3) is 0.250. The summed E-state index contributed by atoms with van der Waals surface area (Å²) < 4.78 is 26.7. The van der Waals surface area contributed by atoms with Crippen LogP contribution in [0, 0.1) is 17.0 Å². The van der Waals surface area contributed by atoms with Gasteiger partial charge in [0.1, 0.15) is 0 Å². The maximum atomic E-state index is 12.7. The molecule has 0 spiro atoms. The first-order chi connectivity index (χ1) is 13.8. The molecule has 0 saturated carbocycles. The van der Waals surface area contributed by atoms with Gasteiger partial charge in [-0.25, -0.2) is 8.42 Å². The number of nitro benzene ring substituents is 1. The third-order valence-electron chi connectivity index (χ3n) is 4.70. The summed E-state index contributed by atoms with van der Waals surface area (Å²) in [5.41, 5.74) is 1.86. The summed E-state index contributed by atoms with van der Waals surface area (Å²) in [5.74, 6) is -0.168. The third kappa shape index (κ3) is 4.87. The molecule has 1 saturated heterocycles. The van der Waals surface area contributed by atoms with E-state index in [-0.39, 0.29) is 42.7 Å². The normalized spacial score (nSPS) is 15.6. The standard InChI is InChI=1S/C20H21N3O5S/c1-16-3-2-4-17(15-16)5-10-20(24)21-11-13-22(14-12-21)29(27,28)19-8-6-18(7-9-19)23(25)26/h2-10,15H,11-14H2,1H3/b10-5+. The number of carbonyl (C=O) groups is 1. The number of carbonyl (C=O) groups excluding carboxylic acids is 1. The van der Waals surface area contributed by atoms with Crippen molar-refractivity contribution in [1.82, 2.24) is 9.21 Å². The van der Waals surface area contributed by atoms with Crippen LogP contribution in [0.2, 0.25) is 0 Å². The molecule has 0 aliphatic carbocycles. The summed E-state index contributed by atoms with van der Waals surface area (Å²) in [4.78, 5) is 24.1. The smallest absolute Gasteiger partial charge is 0.269 e. The summed E-state index contributed by atoms with van der Waals surface area (Å²) >= 11 is 0. The number of rotatable bonds is 5. The van der Waals surface area contributed by atoms with Crippen molar-refractivity contribution in [3.8, 4) is 0 Å². The van der Waals surface area contributed by atoms with Crippen molar-refractivity contribution in [1.29, 1.82) is 0 Å². The van der Waals surface area contributed by atoms with E-state index >= 15 is 0 Å². The average Bonchev–Trinajstić information content (AvgIpc) is 2.72. The lowest BCUT2D eigenvalue weighted by molar-refractivity contribution is -0.384. The average molecular weight is 415 g/mol. The van der Waals surface area contributed by atoms with Gasteiger partial charge in [0.05, 0.1) is 9.82 Å². The molecule has 0 bridgehead atoms. The number of nitrogens with zero attached hydrogens (tertiary/aromatic N) is 3. The van der Waals surface area contributed by atoms with Crippen LogP contribution in [0.1, 0.15) is 11.1 Å². The molecule has 0 aromatic heterocycles. The Bertz CT molecular complexity index is 1040. The van der Waals surface area contributed by atoms with Crippen molar-refractivity contribution < 1.29 is 18.1 Å². The molecule has 2 aromatic rings. The van der Waals surface area contributed by atoms with Crippen molar-refractivity contribution >= 4 is 27.7 Å². The monoisotopic (exact) mass is 415 g/mol. The van der Waals surface area contributed by atoms with Crippen LogP contribution in [0.4, 0.5) is 5.69 Å². The van der Waals surface area contributed by atoms with Gasteiger partial charge in [0.15, 0.2) is 0 Å². The molecule has 152 valence electrons. The molecule has 1 aliphatic rings. The van der Waals surface area contributed by atoms with E-state index in [1.54, 1.807) is 11.0 Å². The van der Waals surface area contributed by atoms with Gasteiger partial charge in [0, 0.05) is 44.4 Å². The van der Waals surface area contributed by atoms with Crippen molar-refractivity contribution in [2.75, 3.05) is 26.2 Å². The second-order valence-electron chi connectivity index (χ2n) is 6.73. The van der Waals surface area contributed by atoms with Crippen LogP contribution in [0.15, 0.2) is 59.5 Å². The first-order valence-electron chi connectivity index (χ1n) is 9.05. The van der Waals surface area contributed by atoms with Crippen LogP contribution in [-0.2, 0) is 14.8 Å². The Morgan fingerprint density at radius 2 is 1.72 bits per heavy atom. The Kier molecular flexibility index (Phi) is 6.09. The molecular formula is C20H21N3O5S. The minimum Gasteiger partial charge on any atom is -0.337 e. The van der Waals surface area contributed by atoms with E-state index < -0.39 is 14.9 Å². The van der Waals surface area contributed by atoms with Crippen LogP contribution in [-0.4, -0.2) is 54.6 Å². The maximum absolute atomic E-state index is 12.7. The van der Waals surface area contributed by atoms with E-state index in [0.717, 1.165) is 11.1 Å². The predicted octanol–water partition coefficient (Wildman–Crippen LogP) is 2.45. The molecule has 0 N–H and O–H groups in total. The molecule has 1 fully saturated rings. The number of amides is 1. The fourth-order valence-electron chi connectivity index (χ4n) is 3.08. The van der Waals surface area contributed by atoms with E-state index in [1.807, 2.05) is 31.2 Å². The zero-order valence-electron chi connectivity index (χ0n) is 15.9. The lowest BCUT2D eigenvalue weighted by atomic mass is 10.1. The highest BCUT2D eigenvalue weighted by Gasteiger charge is 2.29. The predicted molar refractivity (Wildman–Crippen MR) is 109 cm³/mol. The molecule has 0 unspecified atom stereocenters. The van der Waals surface area contributed by atoms with Crippen molar-refractivity contribution in [2.45, 2.75) is 11.8 Å². The van der Waals surface area contributed by atoms with Gasteiger partial charge in [0.2, 0.25) is 15.9 Å².